The molecule has 0 unspecified atom stereocenters. The van der Waals surface area contributed by atoms with E-state index in [2.05, 4.69) is 54.2 Å². The molecule has 0 saturated carbocycles. The Hall–Kier alpha value is -1.86. The second kappa shape index (κ2) is 9.58. The van der Waals surface area contributed by atoms with Gasteiger partial charge in [0, 0.05) is 11.8 Å². The molecule has 0 spiro atoms. The lowest BCUT2D eigenvalue weighted by Gasteiger charge is -2.36. The van der Waals surface area contributed by atoms with Crippen molar-refractivity contribution in [2.24, 2.45) is 0 Å². The van der Waals surface area contributed by atoms with E-state index in [0.717, 1.165) is 25.9 Å². The quantitative estimate of drug-likeness (QED) is 0.827. The number of piperidine rings is 1. The smallest absolute Gasteiger partial charge is 0.293 e. The summed E-state index contributed by atoms with van der Waals surface area (Å²) < 4.78 is 4.55. The van der Waals surface area contributed by atoms with Crippen LogP contribution in [0.5, 0.6) is 0 Å². The molecule has 2 rings (SSSR count). The molecule has 1 N–H and O–H groups in total. The fraction of sp³-hybridized carbons (Fsp3) is 0.619. The largest absolute Gasteiger partial charge is 0.462 e. The summed E-state index contributed by atoms with van der Waals surface area (Å²) in [5.41, 5.74) is 2.48. The number of hydrogen-bond acceptors (Lipinski definition) is 4. The molecule has 1 aliphatic rings. The van der Waals surface area contributed by atoms with Crippen molar-refractivity contribution in [3.05, 3.63) is 35.4 Å². The van der Waals surface area contributed by atoms with Crippen molar-refractivity contribution >= 4 is 6.47 Å². The Kier molecular flexibility index (Phi) is 8.12. The molecule has 0 aliphatic carbocycles. The van der Waals surface area contributed by atoms with E-state index < -0.39 is 0 Å². The standard InChI is InChI=1S/C16H22N2.C5H10O2/c1-13(2)14-3-5-15(6-4-14)16(7-10-17)8-11-18-12-9-16;1-5(2,3)7-4-6/h3-6,13,18H,7-9,11-12H2,1-2H3;4H,1-3H3. The average Bonchev–Trinajstić information content (AvgIpc) is 2.55. The van der Waals surface area contributed by atoms with Crippen LogP contribution in [0.25, 0.3) is 0 Å². The highest BCUT2D eigenvalue weighted by Gasteiger charge is 2.33. The zero-order valence-electron chi connectivity index (χ0n) is 16.3. The molecule has 1 heterocycles. The number of nitriles is 1. The lowest BCUT2D eigenvalue weighted by atomic mass is 9.71. The maximum atomic E-state index is 9.60. The molecule has 0 atom stereocenters. The molecule has 0 radical (unpaired) electrons. The summed E-state index contributed by atoms with van der Waals surface area (Å²) >= 11 is 0. The summed E-state index contributed by atoms with van der Waals surface area (Å²) in [6, 6.07) is 11.3. The average molecular weight is 344 g/mol. The minimum Gasteiger partial charge on any atom is -0.462 e. The van der Waals surface area contributed by atoms with E-state index in [4.69, 9.17) is 5.26 Å². The van der Waals surface area contributed by atoms with Gasteiger partial charge < -0.3 is 10.1 Å². The summed E-state index contributed by atoms with van der Waals surface area (Å²) in [6.07, 6.45) is 2.78. The van der Waals surface area contributed by atoms with E-state index in [-0.39, 0.29) is 11.0 Å². The van der Waals surface area contributed by atoms with E-state index in [0.29, 0.717) is 18.8 Å². The van der Waals surface area contributed by atoms with Crippen LogP contribution in [0, 0.1) is 11.3 Å². The topological polar surface area (TPSA) is 62.1 Å². The second-order valence-electron chi connectivity index (χ2n) is 7.97. The first kappa shape index (κ1) is 21.2. The van der Waals surface area contributed by atoms with Gasteiger partial charge in [0.05, 0.1) is 6.07 Å². The van der Waals surface area contributed by atoms with Gasteiger partial charge in [-0.1, -0.05) is 38.1 Å². The number of carbonyl (C=O) groups is 1. The van der Waals surface area contributed by atoms with Gasteiger partial charge in [0.25, 0.3) is 6.47 Å². The van der Waals surface area contributed by atoms with Gasteiger partial charge >= 0.3 is 0 Å². The highest BCUT2D eigenvalue weighted by molar-refractivity contribution is 5.37. The normalized spacial score (nSPS) is 16.4. The molecule has 0 amide bonds. The molecule has 1 aliphatic heterocycles. The van der Waals surface area contributed by atoms with Crippen LogP contribution in [0.4, 0.5) is 0 Å². The minimum atomic E-state index is -0.318. The first-order valence-corrected chi connectivity index (χ1v) is 9.04. The van der Waals surface area contributed by atoms with Crippen molar-refractivity contribution < 1.29 is 9.53 Å². The van der Waals surface area contributed by atoms with Crippen LogP contribution in [-0.2, 0) is 14.9 Å². The highest BCUT2D eigenvalue weighted by Crippen LogP contribution is 2.37. The first-order chi connectivity index (χ1) is 11.7. The summed E-state index contributed by atoms with van der Waals surface area (Å²) in [5.74, 6) is 0.569. The molecule has 138 valence electrons. The van der Waals surface area contributed by atoms with Crippen LogP contribution < -0.4 is 5.32 Å². The molecule has 1 fully saturated rings. The predicted octanol–water partition coefficient (Wildman–Crippen LogP) is 4.30. The van der Waals surface area contributed by atoms with Crippen molar-refractivity contribution in [1.82, 2.24) is 5.32 Å². The molecule has 1 saturated heterocycles. The van der Waals surface area contributed by atoms with Crippen molar-refractivity contribution in [3.63, 3.8) is 0 Å². The van der Waals surface area contributed by atoms with E-state index in [1.807, 2.05) is 20.8 Å². The van der Waals surface area contributed by atoms with E-state index in [9.17, 15) is 4.79 Å². The van der Waals surface area contributed by atoms with Gasteiger partial charge in [-0.3, -0.25) is 4.79 Å². The summed E-state index contributed by atoms with van der Waals surface area (Å²) in [4.78, 5) is 9.60. The first-order valence-electron chi connectivity index (χ1n) is 9.04. The minimum absolute atomic E-state index is 0.0789. The Labute approximate surface area is 152 Å². The van der Waals surface area contributed by atoms with Gasteiger partial charge in [-0.25, -0.2) is 0 Å². The number of hydrogen-bond donors (Lipinski definition) is 1. The molecule has 1 aromatic carbocycles. The molecular formula is C21H32N2O2. The van der Waals surface area contributed by atoms with Gasteiger partial charge in [0.2, 0.25) is 0 Å². The second-order valence-corrected chi connectivity index (χ2v) is 7.97. The van der Waals surface area contributed by atoms with Gasteiger partial charge in [0.15, 0.2) is 0 Å². The van der Waals surface area contributed by atoms with Crippen molar-refractivity contribution in [3.8, 4) is 6.07 Å². The number of rotatable bonds is 4. The third-order valence-corrected chi connectivity index (χ3v) is 4.57. The van der Waals surface area contributed by atoms with Gasteiger partial charge in [-0.15, -0.1) is 0 Å². The Morgan fingerprint density at radius 1 is 1.24 bits per heavy atom. The summed E-state index contributed by atoms with van der Waals surface area (Å²) in [7, 11) is 0. The Balaban J connectivity index is 0.000000381. The van der Waals surface area contributed by atoms with Crippen molar-refractivity contribution in [1.29, 1.82) is 5.26 Å². The van der Waals surface area contributed by atoms with Gasteiger partial charge in [0.1, 0.15) is 5.60 Å². The lowest BCUT2D eigenvalue weighted by molar-refractivity contribution is -0.138. The van der Waals surface area contributed by atoms with Crippen LogP contribution in [0.3, 0.4) is 0 Å². The molecule has 4 nitrogen and oxygen atoms in total. The van der Waals surface area contributed by atoms with E-state index in [1.54, 1.807) is 0 Å². The van der Waals surface area contributed by atoms with Crippen LogP contribution >= 0.6 is 0 Å². The van der Waals surface area contributed by atoms with Gasteiger partial charge in [-0.2, -0.15) is 5.26 Å². The van der Waals surface area contributed by atoms with Crippen molar-refractivity contribution in [2.45, 2.75) is 70.8 Å². The summed E-state index contributed by atoms with van der Waals surface area (Å²) in [5, 5.41) is 12.5. The zero-order chi connectivity index (χ0) is 18.9. The SMILES string of the molecule is CC(C)(C)OC=O.CC(C)c1ccc(C2(CC#N)CCNCC2)cc1. The molecule has 4 heteroatoms. The Bertz CT molecular complexity index is 559. The Morgan fingerprint density at radius 2 is 1.80 bits per heavy atom. The Morgan fingerprint density at radius 3 is 2.16 bits per heavy atom. The monoisotopic (exact) mass is 344 g/mol. The number of nitrogens with one attached hydrogen (secondary N) is 1. The van der Waals surface area contributed by atoms with E-state index >= 15 is 0 Å². The summed E-state index contributed by atoms with van der Waals surface area (Å²) in [6.45, 7) is 12.4. The fourth-order valence-corrected chi connectivity index (χ4v) is 2.99. The predicted molar refractivity (Wildman–Crippen MR) is 101 cm³/mol. The number of ether oxygens (including phenoxy) is 1. The van der Waals surface area contributed by atoms with E-state index in [1.165, 1.54) is 11.1 Å². The molecule has 0 bridgehead atoms. The number of benzene rings is 1. The number of nitrogens with zero attached hydrogens (tertiary/aromatic N) is 1. The molecule has 25 heavy (non-hydrogen) atoms. The number of carbonyl (C=O) groups excluding carboxylic acids is 1. The van der Waals surface area contributed by atoms with Crippen LogP contribution in [0.15, 0.2) is 24.3 Å². The third kappa shape index (κ3) is 6.88. The fourth-order valence-electron chi connectivity index (χ4n) is 2.99. The van der Waals surface area contributed by atoms with Gasteiger partial charge in [-0.05, 0) is 63.7 Å². The van der Waals surface area contributed by atoms with Crippen LogP contribution in [-0.4, -0.2) is 25.2 Å². The molecular weight excluding hydrogens is 312 g/mol. The van der Waals surface area contributed by atoms with Crippen LogP contribution in [0.2, 0.25) is 0 Å². The highest BCUT2D eigenvalue weighted by atomic mass is 16.5. The third-order valence-electron chi connectivity index (χ3n) is 4.57. The zero-order valence-corrected chi connectivity index (χ0v) is 16.3. The maximum absolute atomic E-state index is 9.60. The van der Waals surface area contributed by atoms with Crippen molar-refractivity contribution in [2.75, 3.05) is 13.1 Å². The van der Waals surface area contributed by atoms with Crippen LogP contribution in [0.1, 0.15) is 70.9 Å². The lowest BCUT2D eigenvalue weighted by Crippen LogP contribution is -2.39. The maximum Gasteiger partial charge on any atom is 0.293 e. The molecule has 1 aromatic rings. The molecule has 0 aromatic heterocycles.